The number of rotatable bonds is 3. The van der Waals surface area contributed by atoms with E-state index in [1.165, 1.54) is 71.6 Å². The minimum absolute atomic E-state index is 1.17. The van der Waals surface area contributed by atoms with Gasteiger partial charge in [-0.25, -0.2) is 0 Å². The van der Waals surface area contributed by atoms with E-state index in [-0.39, 0.29) is 0 Å². The highest BCUT2D eigenvalue weighted by molar-refractivity contribution is 6.11. The van der Waals surface area contributed by atoms with Crippen LogP contribution in [0.2, 0.25) is 0 Å². The molecule has 0 aliphatic heterocycles. The number of nitrogens with zero attached hydrogens (tertiary/aromatic N) is 1. The molecule has 0 atom stereocenters. The van der Waals surface area contributed by atoms with Crippen molar-refractivity contribution in [3.63, 3.8) is 0 Å². The highest BCUT2D eigenvalue weighted by Crippen LogP contribution is 2.36. The van der Waals surface area contributed by atoms with Crippen LogP contribution < -0.4 is 0 Å². The maximum Gasteiger partial charge on any atom is 0.0541 e. The molecule has 0 unspecified atom stereocenters. The third-order valence-electron chi connectivity index (χ3n) is 7.72. The van der Waals surface area contributed by atoms with E-state index >= 15 is 0 Å². The standard InChI is InChI=1S/C36H24N2/c1-2-11-28(12-3-1)38-35-16-7-5-14-30(35)32-23-27(18-20-36(32)38)25-10-8-9-24(21-25)26-17-19-34-31(22-26)29-13-4-6-15-33(29)37-34/h1-23,37H. The summed E-state index contributed by atoms with van der Waals surface area (Å²) < 4.78 is 2.36. The molecular formula is C36H24N2. The van der Waals surface area contributed by atoms with E-state index in [1.807, 2.05) is 0 Å². The zero-order chi connectivity index (χ0) is 25.1. The van der Waals surface area contributed by atoms with Crippen LogP contribution in [0, 0.1) is 0 Å². The van der Waals surface area contributed by atoms with E-state index in [1.54, 1.807) is 0 Å². The summed E-state index contributed by atoms with van der Waals surface area (Å²) in [5.41, 5.74) is 10.9. The van der Waals surface area contributed by atoms with Crippen molar-refractivity contribution in [2.45, 2.75) is 0 Å². The van der Waals surface area contributed by atoms with E-state index < -0.39 is 0 Å². The van der Waals surface area contributed by atoms with Gasteiger partial charge < -0.3 is 9.55 Å². The molecule has 2 nitrogen and oxygen atoms in total. The fourth-order valence-electron chi connectivity index (χ4n) is 5.91. The van der Waals surface area contributed by atoms with E-state index in [0.29, 0.717) is 0 Å². The minimum atomic E-state index is 1.17. The molecule has 178 valence electrons. The summed E-state index contributed by atoms with van der Waals surface area (Å²) in [4.78, 5) is 3.54. The molecule has 0 fully saturated rings. The molecule has 0 saturated carbocycles. The van der Waals surface area contributed by atoms with E-state index in [4.69, 9.17) is 0 Å². The predicted octanol–water partition coefficient (Wildman–Crippen LogP) is 9.75. The van der Waals surface area contributed by atoms with Crippen LogP contribution in [0.1, 0.15) is 0 Å². The van der Waals surface area contributed by atoms with Crippen LogP contribution in [0.5, 0.6) is 0 Å². The second kappa shape index (κ2) is 8.22. The zero-order valence-corrected chi connectivity index (χ0v) is 20.7. The molecule has 0 radical (unpaired) electrons. The maximum absolute atomic E-state index is 3.54. The Morgan fingerprint density at radius 3 is 1.82 bits per heavy atom. The van der Waals surface area contributed by atoms with Crippen molar-refractivity contribution in [3.05, 3.63) is 140 Å². The lowest BCUT2D eigenvalue weighted by Crippen LogP contribution is -1.92. The molecule has 8 rings (SSSR count). The van der Waals surface area contributed by atoms with Crippen molar-refractivity contribution in [3.8, 4) is 27.9 Å². The molecule has 2 heterocycles. The molecule has 0 bridgehead atoms. The Morgan fingerprint density at radius 2 is 0.974 bits per heavy atom. The Kier molecular flexibility index (Phi) is 4.55. The summed E-state index contributed by atoms with van der Waals surface area (Å²) in [6.07, 6.45) is 0. The quantitative estimate of drug-likeness (QED) is 0.258. The van der Waals surface area contributed by atoms with Gasteiger partial charge in [0.05, 0.1) is 11.0 Å². The number of aromatic amines is 1. The van der Waals surface area contributed by atoms with Gasteiger partial charge in [-0.3, -0.25) is 0 Å². The lowest BCUT2D eigenvalue weighted by atomic mass is 9.97. The van der Waals surface area contributed by atoms with Gasteiger partial charge in [0.15, 0.2) is 0 Å². The third-order valence-corrected chi connectivity index (χ3v) is 7.72. The van der Waals surface area contributed by atoms with Gasteiger partial charge >= 0.3 is 0 Å². The van der Waals surface area contributed by atoms with Gasteiger partial charge in [0.2, 0.25) is 0 Å². The molecule has 6 aromatic carbocycles. The summed E-state index contributed by atoms with van der Waals surface area (Å²) >= 11 is 0. The fraction of sp³-hybridized carbons (Fsp3) is 0. The molecular weight excluding hydrogens is 460 g/mol. The second-order valence-corrected chi connectivity index (χ2v) is 9.93. The average Bonchev–Trinajstić information content (AvgIpc) is 3.53. The van der Waals surface area contributed by atoms with Crippen molar-refractivity contribution in [1.29, 1.82) is 0 Å². The monoisotopic (exact) mass is 484 g/mol. The topological polar surface area (TPSA) is 20.7 Å². The number of benzene rings is 6. The van der Waals surface area contributed by atoms with Crippen LogP contribution in [-0.4, -0.2) is 9.55 Å². The Morgan fingerprint density at radius 1 is 0.368 bits per heavy atom. The second-order valence-electron chi connectivity index (χ2n) is 9.93. The first-order chi connectivity index (χ1) is 18.8. The SMILES string of the molecule is c1ccc(-n2c3ccccc3c3cc(-c4cccc(-c5ccc6[nH]c7ccccc7c6c5)c4)ccc32)cc1. The van der Waals surface area contributed by atoms with Crippen molar-refractivity contribution in [2.24, 2.45) is 0 Å². The third kappa shape index (κ3) is 3.21. The first kappa shape index (κ1) is 21.0. The van der Waals surface area contributed by atoms with Gasteiger partial charge in [-0.05, 0) is 76.9 Å². The summed E-state index contributed by atoms with van der Waals surface area (Å²) in [5, 5.41) is 5.07. The molecule has 0 saturated heterocycles. The van der Waals surface area contributed by atoms with Gasteiger partial charge in [0, 0.05) is 38.3 Å². The molecule has 0 aliphatic carbocycles. The number of para-hydroxylation sites is 3. The van der Waals surface area contributed by atoms with Gasteiger partial charge in [0.25, 0.3) is 0 Å². The number of hydrogen-bond donors (Lipinski definition) is 1. The van der Waals surface area contributed by atoms with Crippen molar-refractivity contribution >= 4 is 43.6 Å². The molecule has 0 spiro atoms. The van der Waals surface area contributed by atoms with Gasteiger partial charge in [0.1, 0.15) is 0 Å². The number of nitrogens with one attached hydrogen (secondary N) is 1. The molecule has 8 aromatic rings. The van der Waals surface area contributed by atoms with Crippen LogP contribution in [0.3, 0.4) is 0 Å². The fourth-order valence-corrected chi connectivity index (χ4v) is 5.91. The highest BCUT2D eigenvalue weighted by Gasteiger charge is 2.13. The van der Waals surface area contributed by atoms with E-state index in [9.17, 15) is 0 Å². The van der Waals surface area contributed by atoms with Crippen LogP contribution in [0.4, 0.5) is 0 Å². The molecule has 38 heavy (non-hydrogen) atoms. The number of fused-ring (bicyclic) bond motifs is 6. The highest BCUT2D eigenvalue weighted by atomic mass is 15.0. The molecule has 0 amide bonds. The van der Waals surface area contributed by atoms with Gasteiger partial charge in [-0.15, -0.1) is 0 Å². The number of H-pyrrole nitrogens is 1. The summed E-state index contributed by atoms with van der Waals surface area (Å²) in [7, 11) is 0. The van der Waals surface area contributed by atoms with Gasteiger partial charge in [-0.1, -0.05) is 84.9 Å². The Bertz CT molecular complexity index is 2130. The van der Waals surface area contributed by atoms with Crippen LogP contribution in [-0.2, 0) is 0 Å². The molecule has 0 aliphatic rings. The lowest BCUT2D eigenvalue weighted by molar-refractivity contribution is 1.18. The maximum atomic E-state index is 3.54. The first-order valence-corrected chi connectivity index (χ1v) is 13.0. The van der Waals surface area contributed by atoms with Crippen LogP contribution in [0.25, 0.3) is 71.6 Å². The van der Waals surface area contributed by atoms with Crippen molar-refractivity contribution < 1.29 is 0 Å². The summed E-state index contributed by atoms with van der Waals surface area (Å²) in [6, 6.07) is 50.3. The number of hydrogen-bond acceptors (Lipinski definition) is 0. The smallest absolute Gasteiger partial charge is 0.0541 e. The number of aromatic nitrogens is 2. The van der Waals surface area contributed by atoms with Crippen LogP contribution in [0.15, 0.2) is 140 Å². The zero-order valence-electron chi connectivity index (χ0n) is 20.7. The largest absolute Gasteiger partial charge is 0.355 e. The average molecular weight is 485 g/mol. The van der Waals surface area contributed by atoms with Crippen LogP contribution >= 0.6 is 0 Å². The summed E-state index contributed by atoms with van der Waals surface area (Å²) in [5.74, 6) is 0. The van der Waals surface area contributed by atoms with Gasteiger partial charge in [-0.2, -0.15) is 0 Å². The Balaban J connectivity index is 1.27. The van der Waals surface area contributed by atoms with Crippen molar-refractivity contribution in [2.75, 3.05) is 0 Å². The first-order valence-electron chi connectivity index (χ1n) is 13.0. The van der Waals surface area contributed by atoms with E-state index in [0.717, 1.165) is 0 Å². The normalized spacial score (nSPS) is 11.7. The molecule has 2 aromatic heterocycles. The van der Waals surface area contributed by atoms with E-state index in [2.05, 4.69) is 149 Å². The molecule has 1 N–H and O–H groups in total. The predicted molar refractivity (Wildman–Crippen MR) is 161 cm³/mol. The Labute approximate surface area is 220 Å². The Hall–Kier alpha value is -5.08. The lowest BCUT2D eigenvalue weighted by Gasteiger charge is -2.09. The van der Waals surface area contributed by atoms with Crippen molar-refractivity contribution in [1.82, 2.24) is 9.55 Å². The molecule has 2 heteroatoms. The minimum Gasteiger partial charge on any atom is -0.355 e. The summed E-state index contributed by atoms with van der Waals surface area (Å²) in [6.45, 7) is 0.